The SMILES string of the molecule is C=CCN(C(=O)C(CO)NC(=O)OC(C)(C)C)C(C(=O)NC(C)(C)C)c1ccccc1C. The van der Waals surface area contributed by atoms with Gasteiger partial charge in [-0.05, 0) is 59.6 Å². The number of amides is 3. The first-order valence-electron chi connectivity index (χ1n) is 10.6. The van der Waals surface area contributed by atoms with Crippen LogP contribution in [0.3, 0.4) is 0 Å². The van der Waals surface area contributed by atoms with Crippen LogP contribution in [0, 0.1) is 6.92 Å². The Morgan fingerprint density at radius 1 is 1.16 bits per heavy atom. The molecule has 0 bridgehead atoms. The Hall–Kier alpha value is -2.87. The summed E-state index contributed by atoms with van der Waals surface area (Å²) in [4.78, 5) is 40.3. The molecule has 3 N–H and O–H groups in total. The molecule has 0 saturated heterocycles. The molecule has 32 heavy (non-hydrogen) atoms. The molecule has 1 aromatic rings. The minimum absolute atomic E-state index is 0.0297. The summed E-state index contributed by atoms with van der Waals surface area (Å²) in [6.45, 7) is 15.6. The van der Waals surface area contributed by atoms with Crippen molar-refractivity contribution in [3.63, 3.8) is 0 Å². The average Bonchev–Trinajstić information content (AvgIpc) is 2.63. The van der Waals surface area contributed by atoms with Gasteiger partial charge in [-0.1, -0.05) is 30.3 Å². The number of alkyl carbamates (subject to hydrolysis) is 1. The highest BCUT2D eigenvalue weighted by molar-refractivity contribution is 5.92. The van der Waals surface area contributed by atoms with Crippen LogP contribution in [0.2, 0.25) is 0 Å². The molecule has 8 heteroatoms. The van der Waals surface area contributed by atoms with Gasteiger partial charge in [-0.2, -0.15) is 0 Å². The minimum atomic E-state index is -1.29. The number of hydrogen-bond acceptors (Lipinski definition) is 5. The number of hydrogen-bond donors (Lipinski definition) is 3. The largest absolute Gasteiger partial charge is 0.444 e. The summed E-state index contributed by atoms with van der Waals surface area (Å²) >= 11 is 0. The van der Waals surface area contributed by atoms with E-state index in [4.69, 9.17) is 4.74 Å². The van der Waals surface area contributed by atoms with Gasteiger partial charge in [0, 0.05) is 12.1 Å². The van der Waals surface area contributed by atoms with E-state index in [-0.39, 0.29) is 12.5 Å². The van der Waals surface area contributed by atoms with Crippen molar-refractivity contribution in [3.05, 3.63) is 48.0 Å². The highest BCUT2D eigenvalue weighted by Crippen LogP contribution is 2.26. The van der Waals surface area contributed by atoms with Crippen molar-refractivity contribution < 1.29 is 24.2 Å². The standard InChI is InChI=1S/C24H37N3O5/c1-9-14-27(21(30)18(15-28)25-22(31)32-24(6,7)8)19(20(29)26-23(3,4)5)17-13-11-10-12-16(17)2/h9-13,18-19,28H,1,14-15H2,2-8H3,(H,25,31)(H,26,29). The van der Waals surface area contributed by atoms with Gasteiger partial charge >= 0.3 is 6.09 Å². The Bertz CT molecular complexity index is 824. The van der Waals surface area contributed by atoms with E-state index in [1.165, 1.54) is 11.0 Å². The number of aliphatic hydroxyl groups excluding tert-OH is 1. The average molecular weight is 448 g/mol. The second-order valence-corrected chi connectivity index (χ2v) is 9.66. The summed E-state index contributed by atoms with van der Waals surface area (Å²) in [6, 6.07) is 4.98. The molecule has 2 atom stereocenters. The van der Waals surface area contributed by atoms with Crippen LogP contribution in [0.25, 0.3) is 0 Å². The van der Waals surface area contributed by atoms with E-state index in [0.29, 0.717) is 5.56 Å². The van der Waals surface area contributed by atoms with Crippen LogP contribution in [0.5, 0.6) is 0 Å². The number of carbonyl (C=O) groups is 3. The zero-order chi connectivity index (χ0) is 24.7. The highest BCUT2D eigenvalue weighted by Gasteiger charge is 2.37. The normalized spacial score (nSPS) is 13.5. The number of nitrogens with one attached hydrogen (secondary N) is 2. The van der Waals surface area contributed by atoms with Crippen molar-refractivity contribution in [1.82, 2.24) is 15.5 Å². The molecule has 0 aliphatic heterocycles. The van der Waals surface area contributed by atoms with Crippen molar-refractivity contribution in [3.8, 4) is 0 Å². The van der Waals surface area contributed by atoms with Crippen molar-refractivity contribution in [2.24, 2.45) is 0 Å². The number of aryl methyl sites for hydroxylation is 1. The fraction of sp³-hybridized carbons (Fsp3) is 0.542. The molecule has 0 spiro atoms. The molecule has 0 radical (unpaired) electrons. The highest BCUT2D eigenvalue weighted by atomic mass is 16.6. The third-order valence-corrected chi connectivity index (χ3v) is 4.32. The van der Waals surface area contributed by atoms with Crippen LogP contribution in [0.15, 0.2) is 36.9 Å². The topological polar surface area (TPSA) is 108 Å². The predicted molar refractivity (Wildman–Crippen MR) is 124 cm³/mol. The lowest BCUT2D eigenvalue weighted by Gasteiger charge is -2.35. The molecule has 178 valence electrons. The molecule has 0 aliphatic carbocycles. The zero-order valence-electron chi connectivity index (χ0n) is 20.2. The molecule has 0 aliphatic rings. The molecule has 0 aromatic heterocycles. The quantitative estimate of drug-likeness (QED) is 0.531. The number of ether oxygens (including phenoxy) is 1. The van der Waals surface area contributed by atoms with Crippen LogP contribution in [0.4, 0.5) is 4.79 Å². The van der Waals surface area contributed by atoms with E-state index in [1.807, 2.05) is 39.8 Å². The molecule has 2 unspecified atom stereocenters. The van der Waals surface area contributed by atoms with Crippen LogP contribution in [0.1, 0.15) is 58.7 Å². The van der Waals surface area contributed by atoms with E-state index in [9.17, 15) is 19.5 Å². The minimum Gasteiger partial charge on any atom is -0.444 e. The van der Waals surface area contributed by atoms with Crippen LogP contribution in [-0.2, 0) is 14.3 Å². The summed E-state index contributed by atoms with van der Waals surface area (Å²) in [5.41, 5.74) is 0.151. The number of carbonyl (C=O) groups excluding carboxylic acids is 3. The number of rotatable bonds is 8. The van der Waals surface area contributed by atoms with Gasteiger partial charge in [0.1, 0.15) is 17.7 Å². The summed E-state index contributed by atoms with van der Waals surface area (Å²) < 4.78 is 5.21. The second kappa shape index (κ2) is 11.1. The first kappa shape index (κ1) is 27.2. The van der Waals surface area contributed by atoms with Gasteiger partial charge in [0.25, 0.3) is 0 Å². The molecule has 0 heterocycles. The second-order valence-electron chi connectivity index (χ2n) is 9.66. The fourth-order valence-electron chi connectivity index (χ4n) is 3.08. The first-order valence-corrected chi connectivity index (χ1v) is 10.6. The van der Waals surface area contributed by atoms with Crippen molar-refractivity contribution in [2.45, 2.75) is 71.7 Å². The number of aliphatic hydroxyl groups is 1. The van der Waals surface area contributed by atoms with Crippen LogP contribution in [-0.4, -0.2) is 58.2 Å². The third-order valence-electron chi connectivity index (χ3n) is 4.32. The molecule has 8 nitrogen and oxygen atoms in total. The monoisotopic (exact) mass is 447 g/mol. The maximum atomic E-state index is 13.4. The van der Waals surface area contributed by atoms with Gasteiger partial charge in [-0.15, -0.1) is 6.58 Å². The van der Waals surface area contributed by atoms with Gasteiger partial charge in [0.15, 0.2) is 0 Å². The lowest BCUT2D eigenvalue weighted by Crippen LogP contribution is -2.55. The Balaban J connectivity index is 3.38. The Labute approximate surface area is 191 Å². The lowest BCUT2D eigenvalue weighted by atomic mass is 9.97. The molecule has 3 amide bonds. The van der Waals surface area contributed by atoms with E-state index in [0.717, 1.165) is 5.56 Å². The van der Waals surface area contributed by atoms with E-state index in [2.05, 4.69) is 17.2 Å². The Kier molecular flexibility index (Phi) is 9.45. The van der Waals surface area contributed by atoms with Crippen LogP contribution >= 0.6 is 0 Å². The molecule has 0 fully saturated rings. The summed E-state index contributed by atoms with van der Waals surface area (Å²) in [5, 5.41) is 15.2. The summed E-state index contributed by atoms with van der Waals surface area (Å²) in [5.74, 6) is -1.01. The van der Waals surface area contributed by atoms with E-state index < -0.39 is 41.8 Å². The maximum absolute atomic E-state index is 13.4. The first-order chi connectivity index (χ1) is 14.7. The molecular weight excluding hydrogens is 410 g/mol. The fourth-order valence-corrected chi connectivity index (χ4v) is 3.08. The van der Waals surface area contributed by atoms with Crippen molar-refractivity contribution >= 4 is 17.9 Å². The zero-order valence-corrected chi connectivity index (χ0v) is 20.2. The van der Waals surface area contributed by atoms with Gasteiger partial charge in [0.05, 0.1) is 6.61 Å². The Morgan fingerprint density at radius 3 is 2.22 bits per heavy atom. The number of benzene rings is 1. The summed E-state index contributed by atoms with van der Waals surface area (Å²) in [6.07, 6.45) is 0.658. The van der Waals surface area contributed by atoms with Gasteiger partial charge < -0.3 is 25.4 Å². The van der Waals surface area contributed by atoms with Gasteiger partial charge in [-0.3, -0.25) is 9.59 Å². The van der Waals surface area contributed by atoms with E-state index in [1.54, 1.807) is 32.9 Å². The molecule has 0 saturated carbocycles. The lowest BCUT2D eigenvalue weighted by molar-refractivity contribution is -0.143. The molecule has 1 aromatic carbocycles. The van der Waals surface area contributed by atoms with Crippen molar-refractivity contribution in [2.75, 3.05) is 13.2 Å². The van der Waals surface area contributed by atoms with Gasteiger partial charge in [0.2, 0.25) is 11.8 Å². The smallest absolute Gasteiger partial charge is 0.408 e. The molecule has 1 rings (SSSR count). The summed E-state index contributed by atoms with van der Waals surface area (Å²) in [7, 11) is 0. The number of nitrogens with zero attached hydrogens (tertiary/aromatic N) is 1. The Morgan fingerprint density at radius 2 is 1.75 bits per heavy atom. The van der Waals surface area contributed by atoms with E-state index >= 15 is 0 Å². The predicted octanol–water partition coefficient (Wildman–Crippen LogP) is 2.85. The van der Waals surface area contributed by atoms with Crippen LogP contribution < -0.4 is 10.6 Å². The molecular formula is C24H37N3O5. The van der Waals surface area contributed by atoms with Crippen molar-refractivity contribution in [1.29, 1.82) is 0 Å². The maximum Gasteiger partial charge on any atom is 0.408 e. The third kappa shape index (κ3) is 8.34. The van der Waals surface area contributed by atoms with Gasteiger partial charge in [-0.25, -0.2) is 4.79 Å².